The van der Waals surface area contributed by atoms with E-state index in [9.17, 15) is 0 Å². The van der Waals surface area contributed by atoms with E-state index in [1.807, 2.05) is 12.1 Å². The Kier molecular flexibility index (Phi) is 4.37. The number of hydrogen-bond acceptors (Lipinski definition) is 3. The Hall–Kier alpha value is -0.490. The maximum absolute atomic E-state index is 6.14. The van der Waals surface area contributed by atoms with Gasteiger partial charge in [0, 0.05) is 4.47 Å². The number of nitrogens with two attached hydrogens (primary N) is 1. The van der Waals surface area contributed by atoms with E-state index in [1.54, 1.807) is 12.3 Å². The fourth-order valence-corrected chi connectivity index (χ4v) is 2.58. The first-order chi connectivity index (χ1) is 8.49. The van der Waals surface area contributed by atoms with Crippen LogP contribution in [0.1, 0.15) is 0 Å². The van der Waals surface area contributed by atoms with Crippen LogP contribution in [0.4, 0.5) is 17.2 Å². The van der Waals surface area contributed by atoms with Gasteiger partial charge in [0.05, 0.1) is 32.1 Å². The average Bonchev–Trinajstić information content (AvgIpc) is 2.33. The maximum atomic E-state index is 6.14. The Labute approximate surface area is 131 Å². The van der Waals surface area contributed by atoms with Crippen molar-refractivity contribution in [2.45, 2.75) is 0 Å². The lowest BCUT2D eigenvalue weighted by Gasteiger charge is -2.11. The molecular formula is C11H7Br2Cl2N3. The fraction of sp³-hybridized carbons (Fsp3) is 0. The number of pyridine rings is 1. The van der Waals surface area contributed by atoms with Crippen molar-refractivity contribution in [2.24, 2.45) is 0 Å². The van der Waals surface area contributed by atoms with Gasteiger partial charge in [0.15, 0.2) is 0 Å². The molecule has 0 fully saturated rings. The van der Waals surface area contributed by atoms with Crippen LogP contribution in [-0.2, 0) is 0 Å². The summed E-state index contributed by atoms with van der Waals surface area (Å²) in [6, 6.07) is 5.37. The zero-order valence-electron chi connectivity index (χ0n) is 8.85. The molecule has 3 nitrogen and oxygen atoms in total. The van der Waals surface area contributed by atoms with Gasteiger partial charge in [-0.1, -0.05) is 23.2 Å². The molecule has 0 atom stereocenters. The van der Waals surface area contributed by atoms with Gasteiger partial charge >= 0.3 is 0 Å². The van der Waals surface area contributed by atoms with Crippen LogP contribution in [0, 0.1) is 0 Å². The molecule has 94 valence electrons. The Morgan fingerprint density at radius 1 is 1.11 bits per heavy atom. The van der Waals surface area contributed by atoms with E-state index in [0.29, 0.717) is 27.2 Å². The number of rotatable bonds is 2. The van der Waals surface area contributed by atoms with E-state index in [4.69, 9.17) is 28.9 Å². The van der Waals surface area contributed by atoms with Crippen molar-refractivity contribution in [3.63, 3.8) is 0 Å². The average molecular weight is 412 g/mol. The van der Waals surface area contributed by atoms with Crippen molar-refractivity contribution in [2.75, 3.05) is 11.1 Å². The molecule has 2 rings (SSSR count). The third-order valence-corrected chi connectivity index (χ3v) is 4.53. The van der Waals surface area contributed by atoms with Crippen LogP contribution in [0.5, 0.6) is 0 Å². The molecule has 1 aromatic heterocycles. The summed E-state index contributed by atoms with van der Waals surface area (Å²) in [5.41, 5.74) is 6.87. The molecule has 0 unspecified atom stereocenters. The Morgan fingerprint density at radius 3 is 2.50 bits per heavy atom. The SMILES string of the molecule is Nc1cnc(Nc2ccc(Br)c(Cl)c2Cl)c(Br)c1. The minimum absolute atomic E-state index is 0.427. The third kappa shape index (κ3) is 2.91. The molecule has 2 aromatic rings. The third-order valence-electron chi connectivity index (χ3n) is 2.15. The lowest BCUT2D eigenvalue weighted by molar-refractivity contribution is 1.29. The monoisotopic (exact) mass is 409 g/mol. The van der Waals surface area contributed by atoms with E-state index in [1.165, 1.54) is 0 Å². The highest BCUT2D eigenvalue weighted by Gasteiger charge is 2.10. The summed E-state index contributed by atoms with van der Waals surface area (Å²) < 4.78 is 1.49. The lowest BCUT2D eigenvalue weighted by Crippen LogP contribution is -1.97. The topological polar surface area (TPSA) is 50.9 Å². The standard InChI is InChI=1S/C11H7Br2Cl2N3/c12-6-1-2-8(10(15)9(6)14)18-11-7(13)3-5(16)4-17-11/h1-4H,16H2,(H,17,18). The summed E-state index contributed by atoms with van der Waals surface area (Å²) in [5.74, 6) is 0.615. The van der Waals surface area contributed by atoms with Crippen LogP contribution in [0.15, 0.2) is 33.3 Å². The molecule has 0 saturated carbocycles. The molecule has 0 radical (unpaired) electrons. The fourth-order valence-electron chi connectivity index (χ4n) is 1.29. The van der Waals surface area contributed by atoms with Gasteiger partial charge in [-0.25, -0.2) is 4.98 Å². The number of benzene rings is 1. The first-order valence-corrected chi connectivity index (χ1v) is 7.15. The molecule has 0 aliphatic rings. The van der Waals surface area contributed by atoms with Crippen LogP contribution in [0.2, 0.25) is 10.0 Å². The molecule has 0 spiro atoms. The number of hydrogen-bond donors (Lipinski definition) is 2. The number of halogens is 4. The van der Waals surface area contributed by atoms with Gasteiger partial charge in [-0.05, 0) is 50.1 Å². The molecule has 7 heteroatoms. The van der Waals surface area contributed by atoms with Gasteiger partial charge in [0.1, 0.15) is 5.82 Å². The van der Waals surface area contributed by atoms with Crippen molar-refractivity contribution in [3.8, 4) is 0 Å². The summed E-state index contributed by atoms with van der Waals surface area (Å²) in [5, 5.41) is 3.96. The quantitative estimate of drug-likeness (QED) is 0.664. The summed E-state index contributed by atoms with van der Waals surface area (Å²) in [4.78, 5) is 4.17. The zero-order chi connectivity index (χ0) is 13.3. The summed E-state index contributed by atoms with van der Waals surface area (Å²) >= 11 is 18.9. The minimum Gasteiger partial charge on any atom is -0.397 e. The molecule has 0 aliphatic heterocycles. The van der Waals surface area contributed by atoms with Gasteiger partial charge in [-0.3, -0.25) is 0 Å². The van der Waals surface area contributed by atoms with E-state index in [0.717, 1.165) is 8.95 Å². The maximum Gasteiger partial charge on any atom is 0.144 e. The number of anilines is 3. The van der Waals surface area contributed by atoms with Crippen molar-refractivity contribution >= 4 is 72.3 Å². The molecular weight excluding hydrogens is 405 g/mol. The van der Waals surface area contributed by atoms with E-state index in [-0.39, 0.29) is 0 Å². The zero-order valence-corrected chi connectivity index (χ0v) is 13.5. The van der Waals surface area contributed by atoms with Crippen LogP contribution >= 0.6 is 55.1 Å². The molecule has 3 N–H and O–H groups in total. The minimum atomic E-state index is 0.427. The van der Waals surface area contributed by atoms with Crippen LogP contribution < -0.4 is 11.1 Å². The molecule has 1 heterocycles. The summed E-state index contributed by atoms with van der Waals surface area (Å²) in [7, 11) is 0. The lowest BCUT2D eigenvalue weighted by atomic mass is 10.3. The largest absolute Gasteiger partial charge is 0.397 e. The number of nitrogens with zero attached hydrogens (tertiary/aromatic N) is 1. The van der Waals surface area contributed by atoms with Gasteiger partial charge in [0.2, 0.25) is 0 Å². The Bertz CT molecular complexity index is 605. The second-order valence-corrected chi connectivity index (χ2v) is 5.91. The number of nitrogen functional groups attached to an aromatic ring is 1. The predicted octanol–water partition coefficient (Wildman–Crippen LogP) is 5.24. The van der Waals surface area contributed by atoms with Crippen molar-refractivity contribution in [1.29, 1.82) is 0 Å². The van der Waals surface area contributed by atoms with Crippen LogP contribution in [0.25, 0.3) is 0 Å². The van der Waals surface area contributed by atoms with E-state index in [2.05, 4.69) is 42.2 Å². The number of aromatic nitrogens is 1. The highest BCUT2D eigenvalue weighted by atomic mass is 79.9. The highest BCUT2D eigenvalue weighted by Crippen LogP contribution is 2.37. The first-order valence-electron chi connectivity index (χ1n) is 4.80. The normalized spacial score (nSPS) is 10.4. The molecule has 1 aromatic carbocycles. The summed E-state index contributed by atoms with van der Waals surface area (Å²) in [6.45, 7) is 0. The van der Waals surface area contributed by atoms with Crippen LogP contribution in [-0.4, -0.2) is 4.98 Å². The Balaban J connectivity index is 2.37. The predicted molar refractivity (Wildman–Crippen MR) is 83.8 cm³/mol. The molecule has 0 saturated heterocycles. The molecule has 18 heavy (non-hydrogen) atoms. The van der Waals surface area contributed by atoms with E-state index >= 15 is 0 Å². The molecule has 0 bridgehead atoms. The first kappa shape index (κ1) is 13.9. The van der Waals surface area contributed by atoms with Gasteiger partial charge in [0.25, 0.3) is 0 Å². The Morgan fingerprint density at radius 2 is 1.83 bits per heavy atom. The van der Waals surface area contributed by atoms with Crippen molar-refractivity contribution < 1.29 is 0 Å². The van der Waals surface area contributed by atoms with Crippen molar-refractivity contribution in [1.82, 2.24) is 4.98 Å². The van der Waals surface area contributed by atoms with Gasteiger partial charge in [-0.15, -0.1) is 0 Å². The second kappa shape index (κ2) is 5.65. The van der Waals surface area contributed by atoms with Gasteiger partial charge < -0.3 is 11.1 Å². The second-order valence-electron chi connectivity index (χ2n) is 3.45. The van der Waals surface area contributed by atoms with E-state index < -0.39 is 0 Å². The smallest absolute Gasteiger partial charge is 0.144 e. The molecule has 0 amide bonds. The van der Waals surface area contributed by atoms with Crippen molar-refractivity contribution in [3.05, 3.63) is 43.4 Å². The molecule has 0 aliphatic carbocycles. The number of nitrogens with one attached hydrogen (secondary N) is 1. The summed E-state index contributed by atoms with van der Waals surface area (Å²) in [6.07, 6.45) is 1.56. The van der Waals surface area contributed by atoms with Gasteiger partial charge in [-0.2, -0.15) is 0 Å². The van der Waals surface area contributed by atoms with Crippen LogP contribution in [0.3, 0.4) is 0 Å². The highest BCUT2D eigenvalue weighted by molar-refractivity contribution is 9.11.